The lowest BCUT2D eigenvalue weighted by Gasteiger charge is -2.19. The van der Waals surface area contributed by atoms with Gasteiger partial charge in [0, 0.05) is 18.0 Å². The highest BCUT2D eigenvalue weighted by molar-refractivity contribution is 7.10. The molecule has 2 N–H and O–H groups in total. The molecular formula is C11H17NO3S. The fourth-order valence-corrected chi connectivity index (χ4v) is 2.49. The number of aliphatic hydroxyl groups is 1. The van der Waals surface area contributed by atoms with E-state index in [2.05, 4.69) is 6.07 Å². The molecule has 5 heteroatoms. The van der Waals surface area contributed by atoms with Gasteiger partial charge in [0.2, 0.25) is 0 Å². The summed E-state index contributed by atoms with van der Waals surface area (Å²) in [7, 11) is 1.88. The Bertz CT molecular complexity index is 351. The van der Waals surface area contributed by atoms with Crippen LogP contribution < -0.4 is 0 Å². The number of aliphatic hydroxyl groups excluding tert-OH is 1. The van der Waals surface area contributed by atoms with Gasteiger partial charge in [-0.3, -0.25) is 9.69 Å². The number of likely N-dealkylation sites (N-methyl/N-ethyl adjacent to an activating group) is 1. The summed E-state index contributed by atoms with van der Waals surface area (Å²) in [6.45, 7) is 3.18. The van der Waals surface area contributed by atoms with Gasteiger partial charge in [0.05, 0.1) is 12.5 Å². The molecule has 16 heavy (non-hydrogen) atoms. The normalized spacial score (nSPS) is 13.0. The number of rotatable bonds is 6. The van der Waals surface area contributed by atoms with Crippen LogP contribution in [0.2, 0.25) is 0 Å². The summed E-state index contributed by atoms with van der Waals surface area (Å²) < 4.78 is 0. The van der Waals surface area contributed by atoms with Crippen molar-refractivity contribution in [3.63, 3.8) is 0 Å². The van der Waals surface area contributed by atoms with Crippen LogP contribution in [-0.2, 0) is 11.3 Å². The zero-order chi connectivity index (χ0) is 12.1. The number of thiophene rings is 1. The number of aryl methyl sites for hydroxylation is 1. The Hall–Kier alpha value is -0.910. The van der Waals surface area contributed by atoms with Gasteiger partial charge >= 0.3 is 5.97 Å². The third-order valence-corrected chi connectivity index (χ3v) is 3.32. The number of carboxylic acids is 1. The van der Waals surface area contributed by atoms with E-state index in [1.54, 1.807) is 11.3 Å². The second-order valence-electron chi connectivity index (χ2n) is 3.98. The number of nitrogens with zero attached hydrogens (tertiary/aromatic N) is 1. The minimum atomic E-state index is -0.965. The number of carboxylic acid groups (broad SMARTS) is 1. The molecule has 1 aromatic rings. The number of hydrogen-bond donors (Lipinski definition) is 2. The van der Waals surface area contributed by atoms with Crippen LogP contribution in [0.4, 0.5) is 0 Å². The molecule has 1 heterocycles. The van der Waals surface area contributed by atoms with Crippen molar-refractivity contribution in [1.29, 1.82) is 0 Å². The third-order valence-electron chi connectivity index (χ3n) is 2.31. The van der Waals surface area contributed by atoms with E-state index in [-0.39, 0.29) is 6.42 Å². The summed E-state index contributed by atoms with van der Waals surface area (Å²) in [5, 5.41) is 20.0. The molecule has 0 bridgehead atoms. The maximum Gasteiger partial charge on any atom is 0.306 e. The maximum atomic E-state index is 10.4. The zero-order valence-electron chi connectivity index (χ0n) is 9.51. The van der Waals surface area contributed by atoms with Crippen molar-refractivity contribution in [2.45, 2.75) is 26.0 Å². The molecule has 1 atom stereocenters. The first kappa shape index (κ1) is 13.2. The zero-order valence-corrected chi connectivity index (χ0v) is 10.3. The second-order valence-corrected chi connectivity index (χ2v) is 4.98. The summed E-state index contributed by atoms with van der Waals surface area (Å²) in [6, 6.07) is 2.06. The minimum absolute atomic E-state index is 0.201. The first-order valence-corrected chi connectivity index (χ1v) is 5.98. The van der Waals surface area contributed by atoms with E-state index in [4.69, 9.17) is 5.11 Å². The molecule has 1 aromatic heterocycles. The van der Waals surface area contributed by atoms with Gasteiger partial charge in [0.1, 0.15) is 0 Å². The number of aliphatic carboxylic acids is 1. The van der Waals surface area contributed by atoms with Gasteiger partial charge in [-0.2, -0.15) is 0 Å². The van der Waals surface area contributed by atoms with E-state index in [1.807, 2.05) is 24.3 Å². The van der Waals surface area contributed by atoms with Crippen LogP contribution >= 0.6 is 11.3 Å². The first-order chi connectivity index (χ1) is 7.49. The van der Waals surface area contributed by atoms with Gasteiger partial charge in [-0.05, 0) is 31.0 Å². The fraction of sp³-hybridized carbons (Fsp3) is 0.545. The molecule has 0 saturated carbocycles. The Kier molecular flexibility index (Phi) is 4.92. The van der Waals surface area contributed by atoms with Crippen molar-refractivity contribution >= 4 is 17.3 Å². The van der Waals surface area contributed by atoms with Crippen molar-refractivity contribution < 1.29 is 15.0 Å². The third kappa shape index (κ3) is 4.30. The molecule has 0 aliphatic rings. The molecule has 1 unspecified atom stereocenters. The lowest BCUT2D eigenvalue weighted by Crippen LogP contribution is -2.30. The largest absolute Gasteiger partial charge is 0.481 e. The SMILES string of the molecule is Cc1ccsc1CN(C)CC(O)CC(=O)O. The van der Waals surface area contributed by atoms with Crippen molar-refractivity contribution in [2.75, 3.05) is 13.6 Å². The monoisotopic (exact) mass is 243 g/mol. The Labute approximate surface area is 99.1 Å². The molecule has 90 valence electrons. The van der Waals surface area contributed by atoms with Crippen molar-refractivity contribution in [1.82, 2.24) is 4.90 Å². The van der Waals surface area contributed by atoms with Crippen molar-refractivity contribution in [3.8, 4) is 0 Å². The highest BCUT2D eigenvalue weighted by atomic mass is 32.1. The average Bonchev–Trinajstić information content (AvgIpc) is 2.49. The lowest BCUT2D eigenvalue weighted by atomic mass is 10.2. The average molecular weight is 243 g/mol. The molecule has 0 saturated heterocycles. The Morgan fingerprint density at radius 1 is 1.62 bits per heavy atom. The van der Waals surface area contributed by atoms with Crippen LogP contribution in [0.15, 0.2) is 11.4 Å². The topological polar surface area (TPSA) is 60.8 Å². The molecule has 0 amide bonds. The molecule has 0 fully saturated rings. The molecule has 1 rings (SSSR count). The van der Waals surface area contributed by atoms with Gasteiger partial charge in [-0.1, -0.05) is 0 Å². The van der Waals surface area contributed by atoms with E-state index in [1.165, 1.54) is 10.4 Å². The minimum Gasteiger partial charge on any atom is -0.481 e. The molecule has 0 aromatic carbocycles. The van der Waals surface area contributed by atoms with Crippen LogP contribution in [0.25, 0.3) is 0 Å². The summed E-state index contributed by atoms with van der Waals surface area (Å²) in [5.74, 6) is -0.965. The quantitative estimate of drug-likeness (QED) is 0.791. The molecule has 0 aliphatic heterocycles. The Balaban J connectivity index is 2.39. The Morgan fingerprint density at radius 3 is 2.81 bits per heavy atom. The van der Waals surface area contributed by atoms with Crippen molar-refractivity contribution in [3.05, 3.63) is 21.9 Å². The lowest BCUT2D eigenvalue weighted by molar-refractivity contribution is -0.139. The van der Waals surface area contributed by atoms with Crippen LogP contribution in [0.1, 0.15) is 16.9 Å². The van der Waals surface area contributed by atoms with Gasteiger partial charge in [-0.15, -0.1) is 11.3 Å². The summed E-state index contributed by atoms with van der Waals surface area (Å²) in [5.41, 5.74) is 1.24. The van der Waals surface area contributed by atoms with Gasteiger partial charge < -0.3 is 10.2 Å². The van der Waals surface area contributed by atoms with Crippen LogP contribution in [0.3, 0.4) is 0 Å². The molecule has 0 aliphatic carbocycles. The summed E-state index contributed by atoms with van der Waals surface area (Å²) in [6.07, 6.45) is -1.00. The standard InChI is InChI=1S/C11H17NO3S/c1-8-3-4-16-10(8)7-12(2)6-9(13)5-11(14)15/h3-4,9,13H,5-7H2,1-2H3,(H,14,15). The highest BCUT2D eigenvalue weighted by Crippen LogP contribution is 2.17. The molecule has 4 nitrogen and oxygen atoms in total. The van der Waals surface area contributed by atoms with Gasteiger partial charge in [0.15, 0.2) is 0 Å². The molecule has 0 spiro atoms. The predicted molar refractivity (Wildman–Crippen MR) is 63.6 cm³/mol. The molecule has 0 radical (unpaired) electrons. The van der Waals surface area contributed by atoms with E-state index in [9.17, 15) is 9.90 Å². The highest BCUT2D eigenvalue weighted by Gasteiger charge is 2.13. The molecular weight excluding hydrogens is 226 g/mol. The van der Waals surface area contributed by atoms with Crippen LogP contribution in [0.5, 0.6) is 0 Å². The van der Waals surface area contributed by atoms with Gasteiger partial charge in [0.25, 0.3) is 0 Å². The van der Waals surface area contributed by atoms with Crippen LogP contribution in [-0.4, -0.2) is 40.8 Å². The smallest absolute Gasteiger partial charge is 0.306 e. The van der Waals surface area contributed by atoms with E-state index in [0.29, 0.717) is 6.54 Å². The summed E-state index contributed by atoms with van der Waals surface area (Å²) >= 11 is 1.68. The predicted octanol–water partition coefficient (Wildman–Crippen LogP) is 1.32. The number of hydrogen-bond acceptors (Lipinski definition) is 4. The second kappa shape index (κ2) is 5.98. The van der Waals surface area contributed by atoms with Gasteiger partial charge in [-0.25, -0.2) is 0 Å². The van der Waals surface area contributed by atoms with E-state index in [0.717, 1.165) is 6.54 Å². The van der Waals surface area contributed by atoms with Crippen molar-refractivity contribution in [2.24, 2.45) is 0 Å². The fourth-order valence-electron chi connectivity index (χ4n) is 1.50. The Morgan fingerprint density at radius 2 is 2.31 bits per heavy atom. The first-order valence-electron chi connectivity index (χ1n) is 5.10. The van der Waals surface area contributed by atoms with E-state index >= 15 is 0 Å². The maximum absolute atomic E-state index is 10.4. The number of carbonyl (C=O) groups is 1. The van der Waals surface area contributed by atoms with Crippen LogP contribution in [0, 0.1) is 6.92 Å². The van der Waals surface area contributed by atoms with E-state index < -0.39 is 12.1 Å². The summed E-state index contributed by atoms with van der Waals surface area (Å²) in [4.78, 5) is 13.6.